The number of carbonyl (C=O) groups is 1. The molecule has 0 fully saturated rings. The van der Waals surface area contributed by atoms with Crippen LogP contribution in [0.5, 0.6) is 5.75 Å². The van der Waals surface area contributed by atoms with E-state index in [4.69, 9.17) is 10.5 Å². The van der Waals surface area contributed by atoms with Crippen molar-refractivity contribution in [2.45, 2.75) is 6.54 Å². The third kappa shape index (κ3) is 2.78. The van der Waals surface area contributed by atoms with Crippen molar-refractivity contribution in [3.05, 3.63) is 40.9 Å². The predicted octanol–water partition coefficient (Wildman–Crippen LogP) is 1.66. The second-order valence-electron chi connectivity index (χ2n) is 3.57. The van der Waals surface area contributed by atoms with Crippen LogP contribution in [0, 0.1) is 0 Å². The Morgan fingerprint density at radius 1 is 1.50 bits per heavy atom. The van der Waals surface area contributed by atoms with Gasteiger partial charge in [0.05, 0.1) is 7.11 Å². The van der Waals surface area contributed by atoms with Crippen molar-refractivity contribution >= 4 is 22.4 Å². The number of thiazole rings is 1. The fraction of sp³-hybridized carbons (Fsp3) is 0.167. The number of carbonyl (C=O) groups excluding carboxylic acids is 1. The largest absolute Gasteiger partial charge is 0.496 e. The number of nitrogen functional groups attached to an aromatic ring is 1. The van der Waals surface area contributed by atoms with Gasteiger partial charge in [0, 0.05) is 17.5 Å². The fourth-order valence-corrected chi connectivity index (χ4v) is 2.05. The molecule has 0 saturated heterocycles. The molecule has 0 aliphatic carbocycles. The summed E-state index contributed by atoms with van der Waals surface area (Å²) in [7, 11) is 1.60. The number of nitrogens with zero attached hydrogens (tertiary/aromatic N) is 1. The molecule has 0 aliphatic heterocycles. The van der Waals surface area contributed by atoms with Gasteiger partial charge in [-0.25, -0.2) is 4.98 Å². The third-order valence-electron chi connectivity index (χ3n) is 2.39. The van der Waals surface area contributed by atoms with E-state index < -0.39 is 0 Å². The summed E-state index contributed by atoms with van der Waals surface area (Å²) in [5.74, 6) is 0.504. The maximum atomic E-state index is 11.8. The van der Waals surface area contributed by atoms with Crippen LogP contribution in [0.3, 0.4) is 0 Å². The van der Waals surface area contributed by atoms with Crippen LogP contribution >= 0.6 is 11.3 Å². The molecule has 94 valence electrons. The molecular weight excluding hydrogens is 250 g/mol. The van der Waals surface area contributed by atoms with Gasteiger partial charge >= 0.3 is 0 Å². The van der Waals surface area contributed by atoms with Gasteiger partial charge in [0.25, 0.3) is 5.91 Å². The number of amides is 1. The highest BCUT2D eigenvalue weighted by Gasteiger charge is 2.10. The zero-order valence-corrected chi connectivity index (χ0v) is 10.7. The lowest BCUT2D eigenvalue weighted by Crippen LogP contribution is -2.23. The monoisotopic (exact) mass is 263 g/mol. The molecule has 1 aromatic carbocycles. The Balaban J connectivity index is 2.01. The van der Waals surface area contributed by atoms with Crippen molar-refractivity contribution in [2.75, 3.05) is 12.8 Å². The summed E-state index contributed by atoms with van der Waals surface area (Å²) in [5.41, 5.74) is 6.73. The molecule has 2 rings (SSSR count). The maximum absolute atomic E-state index is 11.8. The van der Waals surface area contributed by atoms with E-state index in [0.717, 1.165) is 11.3 Å². The number of rotatable bonds is 4. The van der Waals surface area contributed by atoms with Gasteiger partial charge in [0.15, 0.2) is 5.13 Å². The van der Waals surface area contributed by atoms with E-state index in [1.165, 1.54) is 11.3 Å². The van der Waals surface area contributed by atoms with Crippen LogP contribution in [0.2, 0.25) is 0 Å². The van der Waals surface area contributed by atoms with Crippen molar-refractivity contribution in [1.82, 2.24) is 10.3 Å². The number of ether oxygens (including phenoxy) is 1. The first-order valence-corrected chi connectivity index (χ1v) is 6.19. The standard InChI is InChI=1S/C12H13N3O2S/c1-17-10-5-3-2-4-8(10)6-14-11(16)9-7-18-12(13)15-9/h2-5,7H,6H2,1H3,(H2,13,15)(H,14,16). The lowest BCUT2D eigenvalue weighted by Gasteiger charge is -2.08. The summed E-state index contributed by atoms with van der Waals surface area (Å²) in [6, 6.07) is 7.52. The van der Waals surface area contributed by atoms with E-state index in [-0.39, 0.29) is 5.91 Å². The minimum absolute atomic E-state index is 0.242. The predicted molar refractivity (Wildman–Crippen MR) is 70.7 cm³/mol. The number of para-hydroxylation sites is 1. The van der Waals surface area contributed by atoms with Crippen molar-refractivity contribution in [2.24, 2.45) is 0 Å². The van der Waals surface area contributed by atoms with Crippen molar-refractivity contribution in [1.29, 1.82) is 0 Å². The highest BCUT2D eigenvalue weighted by atomic mass is 32.1. The molecule has 6 heteroatoms. The SMILES string of the molecule is COc1ccccc1CNC(=O)c1csc(N)n1. The molecule has 0 saturated carbocycles. The van der Waals surface area contributed by atoms with Gasteiger partial charge in [-0.1, -0.05) is 18.2 Å². The smallest absolute Gasteiger partial charge is 0.271 e. The molecular formula is C12H13N3O2S. The molecule has 18 heavy (non-hydrogen) atoms. The van der Waals surface area contributed by atoms with Gasteiger partial charge in [-0.05, 0) is 6.07 Å². The van der Waals surface area contributed by atoms with E-state index in [1.807, 2.05) is 24.3 Å². The first kappa shape index (κ1) is 12.4. The summed E-state index contributed by atoms with van der Waals surface area (Å²) in [4.78, 5) is 15.7. The molecule has 0 atom stereocenters. The number of aromatic nitrogens is 1. The number of benzene rings is 1. The first-order valence-electron chi connectivity index (χ1n) is 5.32. The van der Waals surface area contributed by atoms with E-state index in [9.17, 15) is 4.79 Å². The lowest BCUT2D eigenvalue weighted by atomic mass is 10.2. The second-order valence-corrected chi connectivity index (χ2v) is 4.46. The number of nitrogens with two attached hydrogens (primary N) is 1. The van der Waals surface area contributed by atoms with E-state index in [2.05, 4.69) is 10.3 Å². The molecule has 3 N–H and O–H groups in total. The van der Waals surface area contributed by atoms with E-state index in [1.54, 1.807) is 12.5 Å². The Morgan fingerprint density at radius 2 is 2.28 bits per heavy atom. The molecule has 0 radical (unpaired) electrons. The van der Waals surface area contributed by atoms with Crippen molar-refractivity contribution in [3.8, 4) is 5.75 Å². The number of nitrogens with one attached hydrogen (secondary N) is 1. The minimum atomic E-state index is -0.242. The molecule has 1 amide bonds. The van der Waals surface area contributed by atoms with Crippen LogP contribution < -0.4 is 15.8 Å². The lowest BCUT2D eigenvalue weighted by molar-refractivity contribution is 0.0946. The molecule has 1 aromatic heterocycles. The third-order valence-corrected chi connectivity index (χ3v) is 3.06. The van der Waals surface area contributed by atoms with Crippen LogP contribution in [0.1, 0.15) is 16.1 Å². The van der Waals surface area contributed by atoms with Crippen LogP contribution in [0.4, 0.5) is 5.13 Å². The highest BCUT2D eigenvalue weighted by molar-refractivity contribution is 7.13. The van der Waals surface area contributed by atoms with Crippen LogP contribution in [0.25, 0.3) is 0 Å². The molecule has 0 bridgehead atoms. The number of hydrogen-bond donors (Lipinski definition) is 2. The topological polar surface area (TPSA) is 77.2 Å². The molecule has 0 aliphatic rings. The number of hydrogen-bond acceptors (Lipinski definition) is 5. The average molecular weight is 263 g/mol. The Hall–Kier alpha value is -2.08. The van der Waals surface area contributed by atoms with Crippen molar-refractivity contribution in [3.63, 3.8) is 0 Å². The molecule has 2 aromatic rings. The fourth-order valence-electron chi connectivity index (χ4n) is 1.51. The van der Waals surface area contributed by atoms with Crippen LogP contribution in [0.15, 0.2) is 29.6 Å². The first-order chi connectivity index (χ1) is 8.70. The summed E-state index contributed by atoms with van der Waals surface area (Å²) >= 11 is 1.24. The van der Waals surface area contributed by atoms with Gasteiger partial charge in [-0.2, -0.15) is 0 Å². The van der Waals surface area contributed by atoms with Crippen LogP contribution in [-0.2, 0) is 6.54 Å². The summed E-state index contributed by atoms with van der Waals surface area (Å²) in [6.07, 6.45) is 0. The Labute approximate surface area is 109 Å². The quantitative estimate of drug-likeness (QED) is 0.879. The Bertz CT molecular complexity index is 554. The Kier molecular flexibility index (Phi) is 3.78. The van der Waals surface area contributed by atoms with E-state index >= 15 is 0 Å². The van der Waals surface area contributed by atoms with Gasteiger partial charge in [0.2, 0.25) is 0 Å². The Morgan fingerprint density at radius 3 is 2.94 bits per heavy atom. The molecule has 5 nitrogen and oxygen atoms in total. The van der Waals surface area contributed by atoms with Gasteiger partial charge in [-0.3, -0.25) is 4.79 Å². The zero-order chi connectivity index (χ0) is 13.0. The maximum Gasteiger partial charge on any atom is 0.271 e. The van der Waals surface area contributed by atoms with Gasteiger partial charge < -0.3 is 15.8 Å². The second kappa shape index (κ2) is 5.50. The summed E-state index contributed by atoms with van der Waals surface area (Å²) in [5, 5.41) is 4.79. The minimum Gasteiger partial charge on any atom is -0.496 e. The number of methoxy groups -OCH3 is 1. The average Bonchev–Trinajstić information content (AvgIpc) is 2.83. The molecule has 1 heterocycles. The summed E-state index contributed by atoms with van der Waals surface area (Å²) < 4.78 is 5.20. The zero-order valence-electron chi connectivity index (χ0n) is 9.84. The molecule has 0 spiro atoms. The molecule has 0 unspecified atom stereocenters. The van der Waals surface area contributed by atoms with Gasteiger partial charge in [-0.15, -0.1) is 11.3 Å². The summed E-state index contributed by atoms with van der Waals surface area (Å²) in [6.45, 7) is 0.389. The van der Waals surface area contributed by atoms with E-state index in [0.29, 0.717) is 17.4 Å². The highest BCUT2D eigenvalue weighted by Crippen LogP contribution is 2.17. The van der Waals surface area contributed by atoms with Crippen LogP contribution in [-0.4, -0.2) is 18.0 Å². The van der Waals surface area contributed by atoms with Crippen molar-refractivity contribution < 1.29 is 9.53 Å². The number of anilines is 1. The normalized spacial score (nSPS) is 10.1. The van der Waals surface area contributed by atoms with Gasteiger partial charge in [0.1, 0.15) is 11.4 Å².